The van der Waals surface area contributed by atoms with Crippen LogP contribution in [0.15, 0.2) is 47.2 Å². The second-order valence-electron chi connectivity index (χ2n) is 6.95. The van der Waals surface area contributed by atoms with Crippen molar-refractivity contribution in [2.24, 2.45) is 0 Å². The van der Waals surface area contributed by atoms with Crippen LogP contribution in [0.3, 0.4) is 0 Å². The van der Waals surface area contributed by atoms with Crippen LogP contribution >= 0.6 is 22.7 Å². The van der Waals surface area contributed by atoms with Crippen molar-refractivity contribution in [2.45, 2.75) is 26.7 Å². The molecule has 1 amide bonds. The van der Waals surface area contributed by atoms with E-state index in [2.05, 4.69) is 19.2 Å². The Morgan fingerprint density at radius 3 is 2.35 bits per heavy atom. The SMILES string of the molecule is CCOC(=O)c1c(-c2cccs2)csc1NC(=O)COC(=O)c1ccc(C(C)C)cc1. The van der Waals surface area contributed by atoms with Gasteiger partial charge in [-0.1, -0.05) is 32.0 Å². The predicted molar refractivity (Wildman–Crippen MR) is 123 cm³/mol. The Morgan fingerprint density at radius 2 is 1.74 bits per heavy atom. The van der Waals surface area contributed by atoms with Gasteiger partial charge < -0.3 is 14.8 Å². The molecule has 31 heavy (non-hydrogen) atoms. The second-order valence-corrected chi connectivity index (χ2v) is 8.78. The number of hydrogen-bond acceptors (Lipinski definition) is 7. The highest BCUT2D eigenvalue weighted by Crippen LogP contribution is 2.38. The van der Waals surface area contributed by atoms with Gasteiger partial charge in [0.15, 0.2) is 6.61 Å². The number of benzene rings is 1. The number of hydrogen-bond donors (Lipinski definition) is 1. The molecule has 0 fully saturated rings. The number of nitrogens with one attached hydrogen (secondary N) is 1. The van der Waals surface area contributed by atoms with Crippen LogP contribution in [-0.4, -0.2) is 31.1 Å². The summed E-state index contributed by atoms with van der Waals surface area (Å²) in [7, 11) is 0. The number of amides is 1. The highest BCUT2D eigenvalue weighted by molar-refractivity contribution is 7.17. The van der Waals surface area contributed by atoms with Gasteiger partial charge in [0.2, 0.25) is 0 Å². The fourth-order valence-corrected chi connectivity index (χ4v) is 4.64. The highest BCUT2D eigenvalue weighted by atomic mass is 32.1. The molecule has 1 aromatic carbocycles. The summed E-state index contributed by atoms with van der Waals surface area (Å²) < 4.78 is 10.3. The van der Waals surface area contributed by atoms with Crippen LogP contribution in [0.2, 0.25) is 0 Å². The van der Waals surface area contributed by atoms with Crippen LogP contribution < -0.4 is 5.32 Å². The maximum absolute atomic E-state index is 12.5. The van der Waals surface area contributed by atoms with Crippen LogP contribution in [0, 0.1) is 0 Å². The van der Waals surface area contributed by atoms with E-state index in [1.807, 2.05) is 29.6 Å². The number of esters is 2. The summed E-state index contributed by atoms with van der Waals surface area (Å²) >= 11 is 2.71. The molecule has 1 N–H and O–H groups in total. The van der Waals surface area contributed by atoms with E-state index in [9.17, 15) is 14.4 Å². The zero-order chi connectivity index (χ0) is 22.4. The topological polar surface area (TPSA) is 81.7 Å². The van der Waals surface area contributed by atoms with Gasteiger partial charge in [0.05, 0.1) is 12.2 Å². The van der Waals surface area contributed by atoms with E-state index in [1.165, 1.54) is 22.7 Å². The van der Waals surface area contributed by atoms with Gasteiger partial charge in [0.1, 0.15) is 10.6 Å². The third kappa shape index (κ3) is 5.59. The van der Waals surface area contributed by atoms with Crippen molar-refractivity contribution < 1.29 is 23.9 Å². The van der Waals surface area contributed by atoms with Gasteiger partial charge >= 0.3 is 11.9 Å². The maximum Gasteiger partial charge on any atom is 0.341 e. The molecule has 162 valence electrons. The molecule has 0 bridgehead atoms. The number of carbonyl (C=O) groups excluding carboxylic acids is 3. The van der Waals surface area contributed by atoms with E-state index >= 15 is 0 Å². The van der Waals surface area contributed by atoms with Crippen molar-refractivity contribution in [1.29, 1.82) is 0 Å². The van der Waals surface area contributed by atoms with E-state index in [0.29, 0.717) is 27.6 Å². The molecule has 2 aromatic heterocycles. The van der Waals surface area contributed by atoms with Crippen LogP contribution in [-0.2, 0) is 14.3 Å². The quantitative estimate of drug-likeness (QED) is 0.447. The third-order valence-corrected chi connectivity index (χ3v) is 6.26. The smallest absolute Gasteiger partial charge is 0.341 e. The second kappa shape index (κ2) is 10.4. The van der Waals surface area contributed by atoms with Gasteiger partial charge in [-0.25, -0.2) is 9.59 Å². The molecule has 0 aliphatic heterocycles. The summed E-state index contributed by atoms with van der Waals surface area (Å²) in [4.78, 5) is 38.0. The standard InChI is InChI=1S/C23H23NO5S2/c1-4-28-23(27)20-17(18-6-5-11-30-18)13-31-21(20)24-19(25)12-29-22(26)16-9-7-15(8-10-16)14(2)3/h5-11,13-14H,4,12H2,1-3H3,(H,24,25). The molecular formula is C23H23NO5S2. The zero-order valence-corrected chi connectivity index (χ0v) is 19.1. The minimum absolute atomic E-state index is 0.221. The van der Waals surface area contributed by atoms with Gasteiger partial charge in [-0.05, 0) is 42.0 Å². The zero-order valence-electron chi connectivity index (χ0n) is 17.5. The Hall–Kier alpha value is -2.97. The predicted octanol–water partition coefficient (Wildman–Crippen LogP) is 5.57. The molecule has 0 radical (unpaired) electrons. The van der Waals surface area contributed by atoms with Crippen LogP contribution in [0.25, 0.3) is 10.4 Å². The molecule has 0 saturated carbocycles. The fourth-order valence-electron chi connectivity index (χ4n) is 2.85. The Balaban J connectivity index is 1.67. The van der Waals surface area contributed by atoms with Crippen molar-refractivity contribution in [1.82, 2.24) is 0 Å². The number of ether oxygens (including phenoxy) is 2. The maximum atomic E-state index is 12.5. The molecule has 0 aliphatic carbocycles. The summed E-state index contributed by atoms with van der Waals surface area (Å²) in [6.45, 7) is 5.62. The van der Waals surface area contributed by atoms with Crippen LogP contribution in [0.5, 0.6) is 0 Å². The third-order valence-electron chi connectivity index (χ3n) is 4.46. The molecule has 6 nitrogen and oxygen atoms in total. The van der Waals surface area contributed by atoms with Crippen molar-refractivity contribution >= 4 is 45.5 Å². The minimum Gasteiger partial charge on any atom is -0.462 e. The molecule has 0 saturated heterocycles. The first-order valence-corrected chi connectivity index (χ1v) is 11.6. The lowest BCUT2D eigenvalue weighted by Gasteiger charge is -2.09. The number of carbonyl (C=O) groups is 3. The minimum atomic E-state index is -0.582. The van der Waals surface area contributed by atoms with Crippen LogP contribution in [0.4, 0.5) is 5.00 Å². The summed E-state index contributed by atoms with van der Waals surface area (Å²) in [5, 5.41) is 6.75. The van der Waals surface area contributed by atoms with E-state index in [0.717, 1.165) is 10.4 Å². The lowest BCUT2D eigenvalue weighted by molar-refractivity contribution is -0.119. The number of rotatable bonds is 8. The van der Waals surface area contributed by atoms with E-state index in [4.69, 9.17) is 9.47 Å². The lowest BCUT2D eigenvalue weighted by atomic mass is 10.0. The van der Waals surface area contributed by atoms with Crippen molar-refractivity contribution in [3.05, 3.63) is 63.8 Å². The van der Waals surface area contributed by atoms with Crippen molar-refractivity contribution in [3.63, 3.8) is 0 Å². The summed E-state index contributed by atoms with van der Waals surface area (Å²) in [5.41, 5.74) is 2.50. The van der Waals surface area contributed by atoms with Gasteiger partial charge in [-0.15, -0.1) is 22.7 Å². The summed E-state index contributed by atoms with van der Waals surface area (Å²) in [6.07, 6.45) is 0. The van der Waals surface area contributed by atoms with Crippen molar-refractivity contribution in [3.8, 4) is 10.4 Å². The average Bonchev–Trinajstić information content (AvgIpc) is 3.42. The first-order chi connectivity index (χ1) is 14.9. The lowest BCUT2D eigenvalue weighted by Crippen LogP contribution is -2.21. The number of thiophene rings is 2. The van der Waals surface area contributed by atoms with Gasteiger partial charge in [0, 0.05) is 15.8 Å². The molecule has 0 spiro atoms. The molecular weight excluding hydrogens is 434 g/mol. The Labute approximate surface area is 188 Å². The Bertz CT molecular complexity index is 1050. The van der Waals surface area contributed by atoms with Gasteiger partial charge in [-0.2, -0.15) is 0 Å². The molecule has 3 rings (SSSR count). The molecule has 0 atom stereocenters. The molecule has 8 heteroatoms. The Kier molecular flexibility index (Phi) is 7.59. The van der Waals surface area contributed by atoms with Crippen molar-refractivity contribution in [2.75, 3.05) is 18.5 Å². The van der Waals surface area contributed by atoms with Gasteiger partial charge in [0.25, 0.3) is 5.91 Å². The van der Waals surface area contributed by atoms with Crippen LogP contribution in [0.1, 0.15) is 53.0 Å². The molecule has 2 heterocycles. The molecule has 0 unspecified atom stereocenters. The molecule has 0 aliphatic rings. The number of anilines is 1. The van der Waals surface area contributed by atoms with E-state index in [1.54, 1.807) is 24.4 Å². The first-order valence-electron chi connectivity index (χ1n) is 9.80. The summed E-state index contributed by atoms with van der Waals surface area (Å²) in [5.74, 6) is -1.27. The molecule has 3 aromatic rings. The Morgan fingerprint density at radius 1 is 1.00 bits per heavy atom. The average molecular weight is 458 g/mol. The monoisotopic (exact) mass is 457 g/mol. The largest absolute Gasteiger partial charge is 0.462 e. The highest BCUT2D eigenvalue weighted by Gasteiger charge is 2.23. The van der Waals surface area contributed by atoms with Gasteiger partial charge in [-0.3, -0.25) is 4.79 Å². The fraction of sp³-hybridized carbons (Fsp3) is 0.261. The van der Waals surface area contributed by atoms with E-state index in [-0.39, 0.29) is 6.61 Å². The normalized spacial score (nSPS) is 10.7. The summed E-state index contributed by atoms with van der Waals surface area (Å²) in [6, 6.07) is 10.9. The first kappa shape index (κ1) is 22.7. The van der Waals surface area contributed by atoms with E-state index < -0.39 is 24.5 Å².